The lowest BCUT2D eigenvalue weighted by atomic mass is 10.2. The van der Waals surface area contributed by atoms with E-state index in [1.54, 1.807) is 12.1 Å². The second-order valence-corrected chi connectivity index (χ2v) is 3.13. The quantitative estimate of drug-likeness (QED) is 0.614. The van der Waals surface area contributed by atoms with Crippen molar-refractivity contribution >= 4 is 28.2 Å². The normalized spacial score (nSPS) is 10.6. The van der Waals surface area contributed by atoms with Gasteiger partial charge < -0.3 is 5.73 Å². The summed E-state index contributed by atoms with van der Waals surface area (Å²) in [6, 6.07) is 4.65. The number of rotatable bonds is 0. The largest absolute Gasteiger partial charge is 0.398 e. The van der Waals surface area contributed by atoms with Crippen molar-refractivity contribution in [3.8, 4) is 0 Å². The zero-order valence-corrected chi connectivity index (χ0v) is 7.71. The molecule has 14 heavy (non-hydrogen) atoms. The van der Waals surface area contributed by atoms with E-state index < -0.39 is 11.1 Å². The monoisotopic (exact) mass is 211 g/mol. The van der Waals surface area contributed by atoms with Crippen LogP contribution < -0.4 is 16.9 Å². The van der Waals surface area contributed by atoms with Gasteiger partial charge in [-0.2, -0.15) is 4.20 Å². The van der Waals surface area contributed by atoms with E-state index in [1.807, 2.05) is 0 Å². The van der Waals surface area contributed by atoms with Crippen molar-refractivity contribution in [3.63, 3.8) is 0 Å². The molecule has 0 fully saturated rings. The van der Waals surface area contributed by atoms with Crippen LogP contribution in [-0.4, -0.2) is 9.30 Å². The van der Waals surface area contributed by atoms with E-state index in [0.717, 1.165) is 0 Å². The van der Waals surface area contributed by atoms with E-state index in [9.17, 15) is 9.59 Å². The smallest absolute Gasteiger partial charge is 0.288 e. The Bertz CT molecular complexity index is 614. The second-order valence-electron chi connectivity index (χ2n) is 2.80. The third kappa shape index (κ3) is 1.10. The number of benzene rings is 1. The summed E-state index contributed by atoms with van der Waals surface area (Å²) >= 11 is 5.45. The number of nitrogens with two attached hydrogens (primary N) is 1. The summed E-state index contributed by atoms with van der Waals surface area (Å²) < 4.78 is 0.615. The zero-order chi connectivity index (χ0) is 10.3. The predicted octanol–water partition coefficient (Wildman–Crippen LogP) is 0.274. The fraction of sp³-hybridized carbons (Fsp3) is 0. The van der Waals surface area contributed by atoms with Gasteiger partial charge in [0.2, 0.25) is 0 Å². The number of hydrogen-bond donors (Lipinski definition) is 2. The molecule has 0 aliphatic rings. The van der Waals surface area contributed by atoms with Crippen LogP contribution in [0.5, 0.6) is 0 Å². The minimum absolute atomic E-state index is 0.175. The molecule has 0 spiro atoms. The minimum Gasteiger partial charge on any atom is -0.398 e. The second kappa shape index (κ2) is 2.88. The maximum Gasteiger partial charge on any atom is 0.288 e. The number of nitrogens with one attached hydrogen (secondary N) is 1. The van der Waals surface area contributed by atoms with Crippen LogP contribution in [0.3, 0.4) is 0 Å². The van der Waals surface area contributed by atoms with Gasteiger partial charge in [0.25, 0.3) is 11.1 Å². The first-order valence-corrected chi connectivity index (χ1v) is 4.15. The van der Waals surface area contributed by atoms with Crippen LogP contribution in [-0.2, 0) is 0 Å². The Kier molecular flexibility index (Phi) is 1.82. The summed E-state index contributed by atoms with van der Waals surface area (Å²) in [5.74, 6) is 0. The van der Waals surface area contributed by atoms with Crippen LogP contribution in [0.15, 0.2) is 27.8 Å². The first-order chi connectivity index (χ1) is 6.61. The Balaban J connectivity index is 3.18. The lowest BCUT2D eigenvalue weighted by molar-refractivity contribution is 0.895. The van der Waals surface area contributed by atoms with E-state index in [-0.39, 0.29) is 16.5 Å². The van der Waals surface area contributed by atoms with Crippen LogP contribution in [0.1, 0.15) is 0 Å². The summed E-state index contributed by atoms with van der Waals surface area (Å²) in [6.45, 7) is 0. The Labute approximate surface area is 82.8 Å². The average molecular weight is 212 g/mol. The predicted molar refractivity (Wildman–Crippen MR) is 54.5 cm³/mol. The van der Waals surface area contributed by atoms with Crippen LogP contribution >= 0.6 is 11.8 Å². The van der Waals surface area contributed by atoms with Crippen molar-refractivity contribution in [2.24, 2.45) is 0 Å². The van der Waals surface area contributed by atoms with Gasteiger partial charge in [-0.05, 0) is 12.1 Å². The van der Waals surface area contributed by atoms with Crippen LogP contribution in [0.2, 0.25) is 0 Å². The number of hydrogen-bond acceptors (Lipinski definition) is 3. The Morgan fingerprint density at radius 2 is 2.07 bits per heavy atom. The van der Waals surface area contributed by atoms with Gasteiger partial charge in [-0.3, -0.25) is 9.59 Å². The molecule has 0 aliphatic heterocycles. The number of nitrogen functional groups attached to an aromatic ring is 1. The van der Waals surface area contributed by atoms with Crippen molar-refractivity contribution < 1.29 is 0 Å². The molecule has 2 aromatic rings. The number of nitrogens with zero attached hydrogens (tertiary/aromatic N) is 1. The summed E-state index contributed by atoms with van der Waals surface area (Å²) in [5, 5.41) is 2.54. The summed E-state index contributed by atoms with van der Waals surface area (Å²) in [6.07, 6.45) is 0. The van der Waals surface area contributed by atoms with Crippen LogP contribution in [0, 0.1) is 0 Å². The molecule has 1 aromatic heterocycles. The summed E-state index contributed by atoms with van der Waals surface area (Å²) in [4.78, 5) is 22.8. The molecule has 72 valence electrons. The molecular weight excluding hydrogens is 206 g/mol. The van der Waals surface area contributed by atoms with E-state index in [0.29, 0.717) is 4.20 Å². The van der Waals surface area contributed by atoms with E-state index in [1.165, 1.54) is 6.07 Å². The number of halogens is 1. The van der Waals surface area contributed by atoms with Crippen molar-refractivity contribution in [1.82, 2.24) is 9.30 Å². The topological polar surface area (TPSA) is 80.9 Å². The van der Waals surface area contributed by atoms with Gasteiger partial charge in [-0.25, -0.2) is 5.10 Å². The average Bonchev–Trinajstić information content (AvgIpc) is 2.14. The molecule has 0 atom stereocenters. The standard InChI is InChI=1S/C8H6ClN3O2/c9-12-8(14)4-2-1-3-5(10)6(4)7(13)11-12/h1-3H,10H2,(H,11,13). The molecule has 0 saturated heterocycles. The first kappa shape index (κ1) is 8.83. The van der Waals surface area contributed by atoms with Gasteiger partial charge in [-0.1, -0.05) is 6.07 Å². The highest BCUT2D eigenvalue weighted by molar-refractivity contribution is 6.15. The van der Waals surface area contributed by atoms with Gasteiger partial charge in [-0.15, -0.1) is 0 Å². The molecule has 0 amide bonds. The number of H-pyrrole nitrogens is 1. The molecule has 3 N–H and O–H groups in total. The molecule has 2 rings (SSSR count). The molecule has 6 heteroatoms. The lowest BCUT2D eigenvalue weighted by Gasteiger charge is -2.00. The Morgan fingerprint density at radius 1 is 1.36 bits per heavy atom. The Morgan fingerprint density at radius 3 is 2.79 bits per heavy atom. The van der Waals surface area contributed by atoms with E-state index in [4.69, 9.17) is 17.5 Å². The fourth-order valence-electron chi connectivity index (χ4n) is 1.30. The van der Waals surface area contributed by atoms with Crippen LogP contribution in [0.25, 0.3) is 10.8 Å². The van der Waals surface area contributed by atoms with Gasteiger partial charge in [0, 0.05) is 17.5 Å². The first-order valence-electron chi connectivity index (χ1n) is 3.81. The summed E-state index contributed by atoms with van der Waals surface area (Å²) in [7, 11) is 0. The highest BCUT2D eigenvalue weighted by Crippen LogP contribution is 2.12. The number of anilines is 1. The van der Waals surface area contributed by atoms with Gasteiger partial charge in [0.15, 0.2) is 0 Å². The van der Waals surface area contributed by atoms with Gasteiger partial charge in [0.1, 0.15) is 0 Å². The highest BCUT2D eigenvalue weighted by Gasteiger charge is 2.07. The maximum absolute atomic E-state index is 11.4. The van der Waals surface area contributed by atoms with Crippen molar-refractivity contribution in [1.29, 1.82) is 0 Å². The minimum atomic E-state index is -0.492. The molecule has 0 unspecified atom stereocenters. The third-order valence-corrected chi connectivity index (χ3v) is 2.17. The highest BCUT2D eigenvalue weighted by atomic mass is 35.5. The van der Waals surface area contributed by atoms with Gasteiger partial charge >= 0.3 is 0 Å². The van der Waals surface area contributed by atoms with Gasteiger partial charge in [0.05, 0.1) is 10.8 Å². The lowest BCUT2D eigenvalue weighted by Crippen LogP contribution is -2.25. The maximum atomic E-state index is 11.4. The summed E-state index contributed by atoms with van der Waals surface area (Å²) in [5.41, 5.74) is 4.86. The van der Waals surface area contributed by atoms with Crippen molar-refractivity contribution in [2.45, 2.75) is 0 Å². The van der Waals surface area contributed by atoms with Crippen molar-refractivity contribution in [2.75, 3.05) is 5.73 Å². The molecule has 5 nitrogen and oxygen atoms in total. The number of fused-ring (bicyclic) bond motifs is 1. The number of aromatic amines is 1. The number of aromatic nitrogens is 2. The molecule has 0 bridgehead atoms. The molecule has 0 radical (unpaired) electrons. The SMILES string of the molecule is Nc1cccc2c(=O)n(Cl)[nH]c(=O)c12. The zero-order valence-electron chi connectivity index (χ0n) is 6.95. The molecular formula is C8H6ClN3O2. The van der Waals surface area contributed by atoms with Crippen LogP contribution in [0.4, 0.5) is 5.69 Å². The van der Waals surface area contributed by atoms with E-state index >= 15 is 0 Å². The Hall–Kier alpha value is -1.75. The van der Waals surface area contributed by atoms with E-state index in [2.05, 4.69) is 5.10 Å². The molecule has 0 saturated carbocycles. The molecule has 1 aromatic carbocycles. The molecule has 1 heterocycles. The molecule has 0 aliphatic carbocycles. The third-order valence-electron chi connectivity index (χ3n) is 1.93. The van der Waals surface area contributed by atoms with Crippen molar-refractivity contribution in [3.05, 3.63) is 38.9 Å². The fourth-order valence-corrected chi connectivity index (χ4v) is 1.47.